The van der Waals surface area contributed by atoms with Crippen LogP contribution in [0.4, 0.5) is 0 Å². The molecule has 4 heterocycles. The van der Waals surface area contributed by atoms with E-state index in [1.165, 1.54) is 21.9 Å². The van der Waals surface area contributed by atoms with Crippen LogP contribution >= 0.6 is 11.3 Å². The molecule has 0 aromatic carbocycles. The van der Waals surface area contributed by atoms with Gasteiger partial charge in [0.25, 0.3) is 11.4 Å². The Hall–Kier alpha value is -2.85. The molecule has 4 aromatic rings. The van der Waals surface area contributed by atoms with Crippen LogP contribution in [0.3, 0.4) is 0 Å². The fourth-order valence-electron chi connectivity index (χ4n) is 2.75. The van der Waals surface area contributed by atoms with E-state index in [1.807, 2.05) is 0 Å². The van der Waals surface area contributed by atoms with Gasteiger partial charge in [0, 0.05) is 11.8 Å². The van der Waals surface area contributed by atoms with Gasteiger partial charge in [0.2, 0.25) is 10.9 Å². The lowest BCUT2D eigenvalue weighted by Crippen LogP contribution is -2.24. The normalized spacial score (nSPS) is 11.7. The molecule has 0 N–H and O–H groups in total. The molecule has 140 valence electrons. The zero-order chi connectivity index (χ0) is 18.8. The van der Waals surface area contributed by atoms with E-state index in [-0.39, 0.29) is 5.56 Å². The van der Waals surface area contributed by atoms with Crippen molar-refractivity contribution >= 4 is 16.3 Å². The molecule has 9 nitrogen and oxygen atoms in total. The smallest absolute Gasteiger partial charge is 0.283 e. The topological polar surface area (TPSA) is 103 Å². The van der Waals surface area contributed by atoms with Gasteiger partial charge in [-0.1, -0.05) is 18.3 Å². The first-order valence-electron chi connectivity index (χ1n) is 8.57. The van der Waals surface area contributed by atoms with Gasteiger partial charge < -0.3 is 8.83 Å². The van der Waals surface area contributed by atoms with Crippen molar-refractivity contribution in [2.45, 2.75) is 33.4 Å². The minimum Gasteiger partial charge on any atom is -0.459 e. The van der Waals surface area contributed by atoms with Crippen LogP contribution in [0.25, 0.3) is 16.6 Å². The van der Waals surface area contributed by atoms with Crippen LogP contribution in [0.5, 0.6) is 0 Å². The molecule has 0 saturated carbocycles. The van der Waals surface area contributed by atoms with Crippen molar-refractivity contribution in [1.82, 2.24) is 29.7 Å². The Morgan fingerprint density at radius 1 is 1.30 bits per heavy atom. The van der Waals surface area contributed by atoms with Crippen LogP contribution in [0.15, 0.2) is 38.1 Å². The molecule has 0 fully saturated rings. The summed E-state index contributed by atoms with van der Waals surface area (Å²) in [6.45, 7) is 5.78. The predicted molar refractivity (Wildman–Crippen MR) is 98.3 cm³/mol. The van der Waals surface area contributed by atoms with Crippen molar-refractivity contribution in [3.8, 4) is 11.7 Å². The van der Waals surface area contributed by atoms with E-state index in [1.54, 1.807) is 25.3 Å². The number of hydrogen-bond acceptors (Lipinski definition) is 9. The highest BCUT2D eigenvalue weighted by Crippen LogP contribution is 2.20. The van der Waals surface area contributed by atoms with E-state index in [0.717, 1.165) is 18.0 Å². The molecule has 0 aliphatic rings. The number of hydrogen-bond donors (Lipinski definition) is 0. The zero-order valence-electron chi connectivity index (χ0n) is 15.0. The predicted octanol–water partition coefficient (Wildman–Crippen LogP) is 2.51. The molecular formula is C17H18N6O3S. The Labute approximate surface area is 158 Å². The maximum Gasteiger partial charge on any atom is 0.283 e. The second-order valence-corrected chi connectivity index (χ2v) is 7.16. The standard InChI is InChI=1S/C17H18N6O3S/c1-3-6-22(9-13-19-20-16(26-13)12-5-4-7-25-12)10-14-21-23-15(24)8-11(2)18-17(23)27-14/h4-5,7-8H,3,6,9-10H2,1-2H3. The molecule has 0 spiro atoms. The highest BCUT2D eigenvalue weighted by Gasteiger charge is 2.16. The van der Waals surface area contributed by atoms with Gasteiger partial charge in [-0.2, -0.15) is 9.61 Å². The second kappa shape index (κ2) is 7.41. The van der Waals surface area contributed by atoms with E-state index in [9.17, 15) is 4.79 Å². The summed E-state index contributed by atoms with van der Waals surface area (Å²) in [6.07, 6.45) is 2.52. The number of furan rings is 1. The summed E-state index contributed by atoms with van der Waals surface area (Å²) in [5, 5.41) is 13.3. The molecule has 27 heavy (non-hydrogen) atoms. The van der Waals surface area contributed by atoms with E-state index in [2.05, 4.69) is 32.1 Å². The summed E-state index contributed by atoms with van der Waals surface area (Å²) < 4.78 is 12.3. The molecule has 0 saturated heterocycles. The Kier molecular flexibility index (Phi) is 4.82. The van der Waals surface area contributed by atoms with Gasteiger partial charge in [-0.3, -0.25) is 9.69 Å². The third-order valence-corrected chi connectivity index (χ3v) is 4.76. The summed E-state index contributed by atoms with van der Waals surface area (Å²) in [7, 11) is 0. The van der Waals surface area contributed by atoms with Crippen LogP contribution in [0.1, 0.15) is 29.9 Å². The number of rotatable bonds is 7. The van der Waals surface area contributed by atoms with E-state index < -0.39 is 0 Å². The van der Waals surface area contributed by atoms with Gasteiger partial charge in [-0.25, -0.2) is 4.98 Å². The quantitative estimate of drug-likeness (QED) is 0.477. The van der Waals surface area contributed by atoms with Crippen molar-refractivity contribution in [2.24, 2.45) is 0 Å². The summed E-state index contributed by atoms with van der Waals surface area (Å²) >= 11 is 1.41. The average molecular weight is 386 g/mol. The number of nitrogens with zero attached hydrogens (tertiary/aromatic N) is 6. The van der Waals surface area contributed by atoms with Gasteiger partial charge in [0.05, 0.1) is 19.4 Å². The van der Waals surface area contributed by atoms with Crippen molar-refractivity contribution in [3.05, 3.63) is 51.4 Å². The van der Waals surface area contributed by atoms with Crippen molar-refractivity contribution in [3.63, 3.8) is 0 Å². The number of aromatic nitrogens is 5. The molecule has 0 amide bonds. The molecule has 0 unspecified atom stereocenters. The molecule has 4 aromatic heterocycles. The molecule has 0 radical (unpaired) electrons. The highest BCUT2D eigenvalue weighted by atomic mass is 32.1. The molecular weight excluding hydrogens is 368 g/mol. The molecule has 0 aliphatic heterocycles. The molecule has 0 bridgehead atoms. The fraction of sp³-hybridized carbons (Fsp3) is 0.353. The van der Waals surface area contributed by atoms with Gasteiger partial charge in [-0.05, 0) is 32.0 Å². The maximum absolute atomic E-state index is 12.0. The SMILES string of the molecule is CCCN(Cc1nnc(-c2ccco2)o1)Cc1nn2c(=O)cc(C)nc2s1. The zero-order valence-corrected chi connectivity index (χ0v) is 15.8. The van der Waals surface area contributed by atoms with Crippen molar-refractivity contribution < 1.29 is 8.83 Å². The van der Waals surface area contributed by atoms with E-state index in [4.69, 9.17) is 8.83 Å². The van der Waals surface area contributed by atoms with Gasteiger partial charge >= 0.3 is 0 Å². The van der Waals surface area contributed by atoms with E-state index in [0.29, 0.717) is 41.3 Å². The van der Waals surface area contributed by atoms with Crippen LogP contribution < -0.4 is 5.56 Å². The number of aryl methyl sites for hydroxylation is 1. The second-order valence-electron chi connectivity index (χ2n) is 6.11. The van der Waals surface area contributed by atoms with Gasteiger partial charge in [0.1, 0.15) is 5.01 Å². The first-order chi connectivity index (χ1) is 13.1. The van der Waals surface area contributed by atoms with Gasteiger partial charge in [0.15, 0.2) is 5.76 Å². The number of fused-ring (bicyclic) bond motifs is 1. The minimum atomic E-state index is -0.165. The first-order valence-corrected chi connectivity index (χ1v) is 9.39. The van der Waals surface area contributed by atoms with Crippen LogP contribution in [0, 0.1) is 6.92 Å². The third-order valence-electron chi connectivity index (χ3n) is 3.87. The summed E-state index contributed by atoms with van der Waals surface area (Å²) in [5.74, 6) is 1.41. The average Bonchev–Trinajstić information content (AvgIpc) is 3.34. The lowest BCUT2D eigenvalue weighted by atomic mass is 10.4. The lowest BCUT2D eigenvalue weighted by molar-refractivity contribution is 0.230. The van der Waals surface area contributed by atoms with Crippen LogP contribution in [-0.4, -0.2) is 36.2 Å². The summed E-state index contributed by atoms with van der Waals surface area (Å²) in [6, 6.07) is 5.03. The molecule has 10 heteroatoms. The molecule has 0 atom stereocenters. The first kappa shape index (κ1) is 17.6. The minimum absolute atomic E-state index is 0.165. The Morgan fingerprint density at radius 3 is 2.96 bits per heavy atom. The Balaban J connectivity index is 1.53. The Morgan fingerprint density at radius 2 is 2.19 bits per heavy atom. The van der Waals surface area contributed by atoms with Crippen LogP contribution in [-0.2, 0) is 13.1 Å². The fourth-order valence-corrected chi connectivity index (χ4v) is 3.74. The van der Waals surface area contributed by atoms with Crippen molar-refractivity contribution in [2.75, 3.05) is 6.54 Å². The van der Waals surface area contributed by atoms with Crippen LogP contribution in [0.2, 0.25) is 0 Å². The monoisotopic (exact) mass is 386 g/mol. The van der Waals surface area contributed by atoms with Crippen molar-refractivity contribution in [1.29, 1.82) is 0 Å². The maximum atomic E-state index is 12.0. The van der Waals surface area contributed by atoms with Gasteiger partial charge in [-0.15, -0.1) is 10.2 Å². The third kappa shape index (κ3) is 3.81. The summed E-state index contributed by atoms with van der Waals surface area (Å²) in [4.78, 5) is 19.2. The van der Waals surface area contributed by atoms with E-state index >= 15 is 0 Å². The Bertz CT molecular complexity index is 1100. The molecule has 0 aliphatic carbocycles. The largest absolute Gasteiger partial charge is 0.459 e. The lowest BCUT2D eigenvalue weighted by Gasteiger charge is -2.17. The highest BCUT2D eigenvalue weighted by molar-refractivity contribution is 7.16. The summed E-state index contributed by atoms with van der Waals surface area (Å²) in [5.41, 5.74) is 0.527. The molecule has 4 rings (SSSR count).